The smallest absolute Gasteiger partial charge is 0.257 e. The van der Waals surface area contributed by atoms with Gasteiger partial charge in [0.05, 0.1) is 43.6 Å². The van der Waals surface area contributed by atoms with Crippen LogP contribution >= 0.6 is 0 Å². The van der Waals surface area contributed by atoms with Crippen LogP contribution in [0.5, 0.6) is 5.88 Å². The molecule has 0 aliphatic carbocycles. The molecule has 2 aromatic heterocycles. The molecule has 0 bridgehead atoms. The van der Waals surface area contributed by atoms with E-state index in [0.29, 0.717) is 31.4 Å². The van der Waals surface area contributed by atoms with E-state index in [1.165, 1.54) is 0 Å². The molecule has 0 radical (unpaired) electrons. The highest BCUT2D eigenvalue weighted by molar-refractivity contribution is 5.67. The first kappa shape index (κ1) is 15.5. The van der Waals surface area contributed by atoms with Crippen molar-refractivity contribution >= 4 is 11.5 Å². The zero-order valence-corrected chi connectivity index (χ0v) is 13.5. The second kappa shape index (κ2) is 6.78. The molecule has 1 fully saturated rings. The maximum absolute atomic E-state index is 5.86. The fourth-order valence-corrected chi connectivity index (χ4v) is 2.53. The number of hydrogen-bond donors (Lipinski definition) is 1. The number of morpholine rings is 1. The van der Waals surface area contributed by atoms with Crippen LogP contribution in [-0.4, -0.2) is 47.9 Å². The molecule has 7 heteroatoms. The predicted molar refractivity (Wildman–Crippen MR) is 88.6 cm³/mol. The van der Waals surface area contributed by atoms with Crippen LogP contribution in [0.3, 0.4) is 0 Å². The van der Waals surface area contributed by atoms with Crippen molar-refractivity contribution in [1.82, 2.24) is 15.0 Å². The van der Waals surface area contributed by atoms with Gasteiger partial charge < -0.3 is 20.1 Å². The van der Waals surface area contributed by atoms with Crippen molar-refractivity contribution < 1.29 is 9.47 Å². The summed E-state index contributed by atoms with van der Waals surface area (Å²) >= 11 is 0. The van der Waals surface area contributed by atoms with Gasteiger partial charge in [-0.15, -0.1) is 0 Å². The molecule has 0 saturated carbocycles. The van der Waals surface area contributed by atoms with Gasteiger partial charge in [0.1, 0.15) is 0 Å². The van der Waals surface area contributed by atoms with Crippen LogP contribution in [0.25, 0.3) is 11.3 Å². The largest absolute Gasteiger partial charge is 0.475 e. The Morgan fingerprint density at radius 3 is 2.78 bits per heavy atom. The highest BCUT2D eigenvalue weighted by Crippen LogP contribution is 2.29. The molecule has 1 saturated heterocycles. The van der Waals surface area contributed by atoms with Gasteiger partial charge in [-0.05, 0) is 19.9 Å². The third kappa shape index (κ3) is 3.34. The monoisotopic (exact) mass is 315 g/mol. The number of pyridine rings is 1. The Balaban J connectivity index is 2.03. The first-order valence-corrected chi connectivity index (χ1v) is 7.74. The number of nitrogens with two attached hydrogens (primary N) is 1. The van der Waals surface area contributed by atoms with E-state index in [9.17, 15) is 0 Å². The average Bonchev–Trinajstić information content (AvgIpc) is 2.58. The van der Waals surface area contributed by atoms with Crippen LogP contribution < -0.4 is 15.4 Å². The SMILES string of the molecule is CCOc1ncc(-c2cc(N)cnc2C)nc1N1CCOCC1. The average molecular weight is 315 g/mol. The number of hydrogen-bond acceptors (Lipinski definition) is 7. The van der Waals surface area contributed by atoms with Crippen LogP contribution in [0.2, 0.25) is 0 Å². The molecule has 0 amide bonds. The number of rotatable bonds is 4. The summed E-state index contributed by atoms with van der Waals surface area (Å²) in [7, 11) is 0. The maximum Gasteiger partial charge on any atom is 0.257 e. The van der Waals surface area contributed by atoms with Gasteiger partial charge in [0.2, 0.25) is 0 Å². The molecule has 0 unspecified atom stereocenters. The minimum atomic E-state index is 0.546. The summed E-state index contributed by atoms with van der Waals surface area (Å²) in [5.74, 6) is 1.29. The summed E-state index contributed by atoms with van der Waals surface area (Å²) in [5.41, 5.74) is 8.96. The fourth-order valence-electron chi connectivity index (χ4n) is 2.53. The van der Waals surface area contributed by atoms with Crippen LogP contribution in [-0.2, 0) is 4.74 Å². The van der Waals surface area contributed by atoms with Gasteiger partial charge in [-0.25, -0.2) is 9.97 Å². The topological polar surface area (TPSA) is 86.4 Å². The number of aromatic nitrogens is 3. The van der Waals surface area contributed by atoms with Crippen LogP contribution in [0.1, 0.15) is 12.6 Å². The molecular formula is C16H21N5O2. The van der Waals surface area contributed by atoms with E-state index in [2.05, 4.69) is 14.9 Å². The third-order valence-corrected chi connectivity index (χ3v) is 3.70. The number of ether oxygens (including phenoxy) is 2. The van der Waals surface area contributed by atoms with Crippen LogP contribution in [0.15, 0.2) is 18.5 Å². The summed E-state index contributed by atoms with van der Waals surface area (Å²) in [6.07, 6.45) is 3.35. The lowest BCUT2D eigenvalue weighted by Gasteiger charge is -2.28. The molecule has 0 atom stereocenters. The van der Waals surface area contributed by atoms with E-state index in [4.69, 9.17) is 20.2 Å². The summed E-state index contributed by atoms with van der Waals surface area (Å²) < 4.78 is 11.1. The molecule has 1 aliphatic rings. The molecule has 2 N–H and O–H groups in total. The van der Waals surface area contributed by atoms with Gasteiger partial charge in [-0.3, -0.25) is 4.98 Å². The van der Waals surface area contributed by atoms with Crippen molar-refractivity contribution in [1.29, 1.82) is 0 Å². The lowest BCUT2D eigenvalue weighted by Crippen LogP contribution is -2.37. The van der Waals surface area contributed by atoms with Crippen molar-refractivity contribution in [2.45, 2.75) is 13.8 Å². The van der Waals surface area contributed by atoms with Gasteiger partial charge in [-0.1, -0.05) is 0 Å². The predicted octanol–water partition coefficient (Wildman–Crippen LogP) is 1.66. The van der Waals surface area contributed by atoms with Crippen molar-refractivity contribution in [3.8, 4) is 17.1 Å². The quantitative estimate of drug-likeness (QED) is 0.918. The molecule has 7 nitrogen and oxygen atoms in total. The Morgan fingerprint density at radius 1 is 1.26 bits per heavy atom. The molecule has 23 heavy (non-hydrogen) atoms. The summed E-state index contributed by atoms with van der Waals surface area (Å²) in [6, 6.07) is 1.87. The zero-order chi connectivity index (χ0) is 16.2. The van der Waals surface area contributed by atoms with Gasteiger partial charge >= 0.3 is 0 Å². The summed E-state index contributed by atoms with van der Waals surface area (Å²) in [5, 5.41) is 0. The van der Waals surface area contributed by atoms with E-state index >= 15 is 0 Å². The molecule has 0 spiro atoms. The Labute approximate surface area is 135 Å². The molecule has 1 aliphatic heterocycles. The summed E-state index contributed by atoms with van der Waals surface area (Å²) in [4.78, 5) is 15.7. The van der Waals surface area contributed by atoms with Crippen molar-refractivity contribution in [2.24, 2.45) is 0 Å². The second-order valence-electron chi connectivity index (χ2n) is 5.32. The lowest BCUT2D eigenvalue weighted by molar-refractivity contribution is 0.122. The Kier molecular flexibility index (Phi) is 4.57. The first-order valence-electron chi connectivity index (χ1n) is 7.74. The molecular weight excluding hydrogens is 294 g/mol. The number of anilines is 2. The molecule has 3 heterocycles. The molecule has 0 aromatic carbocycles. The maximum atomic E-state index is 5.86. The Morgan fingerprint density at radius 2 is 2.04 bits per heavy atom. The highest BCUT2D eigenvalue weighted by atomic mass is 16.5. The summed E-state index contributed by atoms with van der Waals surface area (Å²) in [6.45, 7) is 7.31. The van der Waals surface area contributed by atoms with Gasteiger partial charge in [0, 0.05) is 24.3 Å². The van der Waals surface area contributed by atoms with Gasteiger partial charge in [-0.2, -0.15) is 0 Å². The first-order chi connectivity index (χ1) is 11.2. The fraction of sp³-hybridized carbons (Fsp3) is 0.438. The minimum Gasteiger partial charge on any atom is -0.475 e. The molecule has 122 valence electrons. The zero-order valence-electron chi connectivity index (χ0n) is 13.5. The molecule has 2 aromatic rings. The lowest BCUT2D eigenvalue weighted by atomic mass is 10.1. The molecule has 3 rings (SSSR count). The van der Waals surface area contributed by atoms with Crippen molar-refractivity contribution in [2.75, 3.05) is 43.5 Å². The van der Waals surface area contributed by atoms with E-state index in [1.807, 2.05) is 19.9 Å². The van der Waals surface area contributed by atoms with E-state index < -0.39 is 0 Å². The standard InChI is InChI=1S/C16H21N5O2/c1-3-23-16-15(21-4-6-22-7-5-21)20-14(10-19-16)13-8-12(17)9-18-11(13)2/h8-10H,3-7,17H2,1-2H3. The van der Waals surface area contributed by atoms with Crippen LogP contribution in [0, 0.1) is 6.92 Å². The van der Waals surface area contributed by atoms with Crippen LogP contribution in [0.4, 0.5) is 11.5 Å². The third-order valence-electron chi connectivity index (χ3n) is 3.70. The number of aryl methyl sites for hydroxylation is 1. The Hall–Kier alpha value is -2.41. The van der Waals surface area contributed by atoms with Crippen molar-refractivity contribution in [3.05, 3.63) is 24.2 Å². The van der Waals surface area contributed by atoms with Gasteiger partial charge in [0.25, 0.3) is 5.88 Å². The van der Waals surface area contributed by atoms with Crippen molar-refractivity contribution in [3.63, 3.8) is 0 Å². The number of nitrogen functional groups attached to an aromatic ring is 1. The highest BCUT2D eigenvalue weighted by Gasteiger charge is 2.20. The second-order valence-corrected chi connectivity index (χ2v) is 5.32. The minimum absolute atomic E-state index is 0.546. The normalized spacial score (nSPS) is 14.8. The number of nitrogens with zero attached hydrogens (tertiary/aromatic N) is 4. The van der Waals surface area contributed by atoms with E-state index in [-0.39, 0.29) is 0 Å². The van der Waals surface area contributed by atoms with E-state index in [0.717, 1.165) is 35.9 Å². The van der Waals surface area contributed by atoms with Gasteiger partial charge in [0.15, 0.2) is 5.82 Å². The Bertz CT molecular complexity index is 686. The van der Waals surface area contributed by atoms with E-state index in [1.54, 1.807) is 12.4 Å².